The third-order valence-corrected chi connectivity index (χ3v) is 5.28. The molecule has 6 heteroatoms. The molecule has 1 aliphatic rings. The zero-order chi connectivity index (χ0) is 19.6. The Labute approximate surface area is 169 Å². The fourth-order valence-corrected chi connectivity index (χ4v) is 3.71. The van der Waals surface area contributed by atoms with E-state index in [1.54, 1.807) is 12.5 Å². The molecule has 4 heterocycles. The maximum atomic E-state index is 5.79. The lowest BCUT2D eigenvalue weighted by Gasteiger charge is -2.16. The third kappa shape index (κ3) is 3.49. The fourth-order valence-electron chi connectivity index (χ4n) is 3.71. The third-order valence-electron chi connectivity index (χ3n) is 5.28. The Bertz CT molecular complexity index is 1180. The van der Waals surface area contributed by atoms with Gasteiger partial charge in [-0.05, 0) is 24.3 Å². The van der Waals surface area contributed by atoms with Crippen molar-refractivity contribution in [2.24, 2.45) is 0 Å². The molecule has 0 saturated heterocycles. The van der Waals surface area contributed by atoms with Gasteiger partial charge in [0.25, 0.3) is 0 Å². The van der Waals surface area contributed by atoms with E-state index in [-0.39, 0.29) is 5.92 Å². The highest BCUT2D eigenvalue weighted by Gasteiger charge is 2.20. The molecule has 0 amide bonds. The van der Waals surface area contributed by atoms with E-state index in [1.165, 1.54) is 5.56 Å². The number of aromatic nitrogens is 4. The molecule has 1 aliphatic heterocycles. The lowest BCUT2D eigenvalue weighted by molar-refractivity contribution is 0.352. The quantitative estimate of drug-likeness (QED) is 0.556. The molecule has 1 aromatic carbocycles. The Balaban J connectivity index is 1.34. The van der Waals surface area contributed by atoms with Crippen LogP contribution in [0.25, 0.3) is 22.2 Å². The number of anilines is 1. The zero-order valence-corrected chi connectivity index (χ0v) is 16.2. The van der Waals surface area contributed by atoms with E-state index < -0.39 is 0 Å². The standard InChI is InChI=1S/C23H21N5O/c1-15(18-6-9-25-20-7-10-29-23(18)20)13-26-22-12-21(27-14-28-22)17-4-5-19-16(11-17)3-2-8-24-19/h2-6,8-9,11-12,14-15H,7,10,13H2,1H3,(H,26,27,28)/t15-/m1/s1. The summed E-state index contributed by atoms with van der Waals surface area (Å²) >= 11 is 0. The van der Waals surface area contributed by atoms with Crippen LogP contribution >= 0.6 is 0 Å². The Morgan fingerprint density at radius 3 is 2.97 bits per heavy atom. The molecule has 0 saturated carbocycles. The Morgan fingerprint density at radius 1 is 1.03 bits per heavy atom. The van der Waals surface area contributed by atoms with E-state index in [2.05, 4.69) is 44.3 Å². The maximum Gasteiger partial charge on any atom is 0.144 e. The monoisotopic (exact) mass is 383 g/mol. The summed E-state index contributed by atoms with van der Waals surface area (Å²) in [7, 11) is 0. The van der Waals surface area contributed by atoms with Crippen LogP contribution in [0.1, 0.15) is 24.1 Å². The molecular formula is C23H21N5O. The number of fused-ring (bicyclic) bond motifs is 2. The van der Waals surface area contributed by atoms with Crippen LogP contribution in [0.3, 0.4) is 0 Å². The lowest BCUT2D eigenvalue weighted by Crippen LogP contribution is -2.12. The summed E-state index contributed by atoms with van der Waals surface area (Å²) in [5, 5.41) is 4.54. The van der Waals surface area contributed by atoms with Gasteiger partial charge in [-0.3, -0.25) is 9.97 Å². The molecule has 4 aromatic rings. The molecular weight excluding hydrogens is 362 g/mol. The van der Waals surface area contributed by atoms with Crippen molar-refractivity contribution in [3.63, 3.8) is 0 Å². The van der Waals surface area contributed by atoms with Crippen molar-refractivity contribution >= 4 is 16.7 Å². The smallest absolute Gasteiger partial charge is 0.144 e. The first-order chi connectivity index (χ1) is 14.3. The van der Waals surface area contributed by atoms with Crippen molar-refractivity contribution in [1.82, 2.24) is 19.9 Å². The largest absolute Gasteiger partial charge is 0.491 e. The van der Waals surface area contributed by atoms with Crippen LogP contribution in [0.4, 0.5) is 5.82 Å². The molecule has 0 unspecified atom stereocenters. The minimum atomic E-state index is 0.273. The van der Waals surface area contributed by atoms with Crippen molar-refractivity contribution in [1.29, 1.82) is 0 Å². The van der Waals surface area contributed by atoms with Gasteiger partial charge in [0.05, 0.1) is 23.5 Å². The number of rotatable bonds is 5. The van der Waals surface area contributed by atoms with Gasteiger partial charge in [0, 0.05) is 53.9 Å². The molecule has 0 spiro atoms. The molecule has 6 nitrogen and oxygen atoms in total. The minimum Gasteiger partial charge on any atom is -0.491 e. The highest BCUT2D eigenvalue weighted by molar-refractivity contribution is 5.83. The van der Waals surface area contributed by atoms with Crippen LogP contribution in [0, 0.1) is 0 Å². The van der Waals surface area contributed by atoms with Crippen LogP contribution in [0.5, 0.6) is 5.75 Å². The van der Waals surface area contributed by atoms with E-state index in [0.29, 0.717) is 0 Å². The molecule has 1 atom stereocenters. The van der Waals surface area contributed by atoms with E-state index >= 15 is 0 Å². The summed E-state index contributed by atoms with van der Waals surface area (Å²) in [5.74, 6) is 2.03. The van der Waals surface area contributed by atoms with Crippen LogP contribution in [-0.2, 0) is 6.42 Å². The molecule has 0 aliphatic carbocycles. The Kier molecular flexibility index (Phi) is 4.52. The van der Waals surface area contributed by atoms with Gasteiger partial charge in [0.15, 0.2) is 0 Å². The number of hydrogen-bond donors (Lipinski definition) is 1. The normalized spacial score (nSPS) is 13.7. The molecule has 144 valence electrons. The predicted octanol–water partition coefficient (Wildman–Crippen LogP) is 4.24. The van der Waals surface area contributed by atoms with Gasteiger partial charge in [0.2, 0.25) is 0 Å². The summed E-state index contributed by atoms with van der Waals surface area (Å²) in [6.45, 7) is 3.65. The van der Waals surface area contributed by atoms with Gasteiger partial charge in [0.1, 0.15) is 17.9 Å². The number of hydrogen-bond acceptors (Lipinski definition) is 6. The molecule has 1 N–H and O–H groups in total. The van der Waals surface area contributed by atoms with Crippen LogP contribution in [0.2, 0.25) is 0 Å². The van der Waals surface area contributed by atoms with E-state index in [9.17, 15) is 0 Å². The Hall–Kier alpha value is -3.54. The van der Waals surface area contributed by atoms with Crippen molar-refractivity contribution < 1.29 is 4.74 Å². The summed E-state index contributed by atoms with van der Waals surface area (Å²) < 4.78 is 5.79. The second kappa shape index (κ2) is 7.47. The van der Waals surface area contributed by atoms with Gasteiger partial charge < -0.3 is 10.1 Å². The van der Waals surface area contributed by atoms with Gasteiger partial charge in [-0.1, -0.05) is 19.1 Å². The lowest BCUT2D eigenvalue weighted by atomic mass is 10.00. The van der Waals surface area contributed by atoms with Gasteiger partial charge in [-0.15, -0.1) is 0 Å². The van der Waals surface area contributed by atoms with Gasteiger partial charge in [-0.2, -0.15) is 0 Å². The SMILES string of the molecule is C[C@H](CNc1cc(-c2ccc3ncccc3c2)ncn1)c1ccnc2c1OCC2. The molecule has 5 rings (SSSR count). The van der Waals surface area contributed by atoms with Gasteiger partial charge >= 0.3 is 0 Å². The Morgan fingerprint density at radius 2 is 2.00 bits per heavy atom. The van der Waals surface area contributed by atoms with E-state index in [4.69, 9.17) is 4.74 Å². The fraction of sp³-hybridized carbons (Fsp3) is 0.217. The molecule has 3 aromatic heterocycles. The van der Waals surface area contributed by atoms with Crippen LogP contribution in [0.15, 0.2) is 61.2 Å². The molecule has 29 heavy (non-hydrogen) atoms. The maximum absolute atomic E-state index is 5.79. The summed E-state index contributed by atoms with van der Waals surface area (Å²) in [6, 6.07) is 14.2. The summed E-state index contributed by atoms with van der Waals surface area (Å²) in [5.41, 5.74) is 5.16. The van der Waals surface area contributed by atoms with Crippen molar-refractivity contribution in [2.75, 3.05) is 18.5 Å². The number of pyridine rings is 2. The number of nitrogens with zero attached hydrogens (tertiary/aromatic N) is 4. The second-order valence-corrected chi connectivity index (χ2v) is 7.26. The second-order valence-electron chi connectivity index (χ2n) is 7.26. The molecule has 0 bridgehead atoms. The highest BCUT2D eigenvalue weighted by Crippen LogP contribution is 2.33. The summed E-state index contributed by atoms with van der Waals surface area (Å²) in [6.07, 6.45) is 6.17. The minimum absolute atomic E-state index is 0.273. The van der Waals surface area contributed by atoms with Gasteiger partial charge in [-0.25, -0.2) is 9.97 Å². The van der Waals surface area contributed by atoms with Crippen LogP contribution < -0.4 is 10.1 Å². The number of nitrogens with one attached hydrogen (secondary N) is 1. The summed E-state index contributed by atoms with van der Waals surface area (Å²) in [4.78, 5) is 17.6. The topological polar surface area (TPSA) is 72.8 Å². The number of benzene rings is 1. The van der Waals surface area contributed by atoms with Crippen molar-refractivity contribution in [3.05, 3.63) is 72.4 Å². The van der Waals surface area contributed by atoms with E-state index in [0.717, 1.165) is 59.0 Å². The first kappa shape index (κ1) is 17.6. The van der Waals surface area contributed by atoms with Crippen molar-refractivity contribution in [3.8, 4) is 17.0 Å². The predicted molar refractivity (Wildman–Crippen MR) is 113 cm³/mol. The number of ether oxygens (including phenoxy) is 1. The van der Waals surface area contributed by atoms with Crippen molar-refractivity contribution in [2.45, 2.75) is 19.3 Å². The molecule has 0 fully saturated rings. The zero-order valence-electron chi connectivity index (χ0n) is 16.2. The molecule has 0 radical (unpaired) electrons. The average molecular weight is 383 g/mol. The first-order valence-electron chi connectivity index (χ1n) is 9.79. The first-order valence-corrected chi connectivity index (χ1v) is 9.79. The average Bonchev–Trinajstić information content (AvgIpc) is 3.26. The van der Waals surface area contributed by atoms with E-state index in [1.807, 2.05) is 36.5 Å². The van der Waals surface area contributed by atoms with Crippen LogP contribution in [-0.4, -0.2) is 33.1 Å². The highest BCUT2D eigenvalue weighted by atomic mass is 16.5.